The second-order valence-corrected chi connectivity index (χ2v) is 4.95. The number of carbonyl (C=O) groups excluding carboxylic acids is 1. The van der Waals surface area contributed by atoms with E-state index in [1.54, 1.807) is 4.90 Å². The Labute approximate surface area is 117 Å². The van der Waals surface area contributed by atoms with Crippen LogP contribution in [-0.2, 0) is 17.8 Å². The summed E-state index contributed by atoms with van der Waals surface area (Å²) in [6.45, 7) is 2.33. The zero-order chi connectivity index (χ0) is 14.7. The molecule has 0 bridgehead atoms. The standard InChI is InChI=1S/C14H18N2O4/c1-9(17)12(13(18)19)15-14(20)16-7-6-10-4-2-3-5-11(10)8-16/h2-5,9,12,17H,6-8H2,1H3,(H,15,20)(H,18,19)/t9-,12+/m1/s1. The molecule has 108 valence electrons. The summed E-state index contributed by atoms with van der Waals surface area (Å²) >= 11 is 0. The Hall–Kier alpha value is -2.08. The van der Waals surface area contributed by atoms with Gasteiger partial charge in [0.25, 0.3) is 0 Å². The minimum atomic E-state index is -1.29. The van der Waals surface area contributed by atoms with Gasteiger partial charge in [0.1, 0.15) is 0 Å². The topological polar surface area (TPSA) is 89.9 Å². The summed E-state index contributed by atoms with van der Waals surface area (Å²) in [6.07, 6.45) is -0.399. The number of carboxylic acid groups (broad SMARTS) is 1. The Morgan fingerprint density at radius 3 is 2.55 bits per heavy atom. The molecule has 20 heavy (non-hydrogen) atoms. The van der Waals surface area contributed by atoms with Crippen molar-refractivity contribution in [2.75, 3.05) is 6.54 Å². The van der Waals surface area contributed by atoms with E-state index in [0.717, 1.165) is 12.0 Å². The molecule has 0 unspecified atom stereocenters. The highest BCUT2D eigenvalue weighted by Crippen LogP contribution is 2.18. The van der Waals surface area contributed by atoms with Gasteiger partial charge in [0.15, 0.2) is 6.04 Å². The zero-order valence-electron chi connectivity index (χ0n) is 11.2. The van der Waals surface area contributed by atoms with Crippen molar-refractivity contribution in [2.24, 2.45) is 0 Å². The number of aliphatic hydroxyl groups is 1. The summed E-state index contributed by atoms with van der Waals surface area (Å²) in [5, 5.41) is 20.7. The van der Waals surface area contributed by atoms with E-state index in [2.05, 4.69) is 5.32 Å². The Bertz CT molecular complexity index is 516. The predicted molar refractivity (Wildman–Crippen MR) is 72.2 cm³/mol. The fourth-order valence-electron chi connectivity index (χ4n) is 2.28. The maximum absolute atomic E-state index is 12.1. The van der Waals surface area contributed by atoms with Crippen LogP contribution in [-0.4, -0.2) is 45.8 Å². The molecular formula is C14H18N2O4. The highest BCUT2D eigenvalue weighted by molar-refractivity contribution is 5.83. The van der Waals surface area contributed by atoms with Gasteiger partial charge >= 0.3 is 12.0 Å². The van der Waals surface area contributed by atoms with E-state index in [1.807, 2.05) is 24.3 Å². The van der Waals surface area contributed by atoms with Crippen LogP contribution in [0.3, 0.4) is 0 Å². The van der Waals surface area contributed by atoms with Crippen molar-refractivity contribution < 1.29 is 19.8 Å². The van der Waals surface area contributed by atoms with Gasteiger partial charge in [0.2, 0.25) is 0 Å². The van der Waals surface area contributed by atoms with E-state index in [0.29, 0.717) is 13.1 Å². The summed E-state index contributed by atoms with van der Waals surface area (Å²) in [6, 6.07) is 6.10. The molecule has 0 fully saturated rings. The van der Waals surface area contributed by atoms with Gasteiger partial charge in [-0.15, -0.1) is 0 Å². The van der Waals surface area contributed by atoms with Crippen LogP contribution in [0.2, 0.25) is 0 Å². The van der Waals surface area contributed by atoms with Crippen molar-refractivity contribution in [1.82, 2.24) is 10.2 Å². The molecule has 0 saturated carbocycles. The number of fused-ring (bicyclic) bond motifs is 1. The van der Waals surface area contributed by atoms with E-state index in [4.69, 9.17) is 5.11 Å². The van der Waals surface area contributed by atoms with Gasteiger partial charge in [-0.1, -0.05) is 24.3 Å². The molecule has 1 aliphatic rings. The van der Waals surface area contributed by atoms with Gasteiger partial charge in [0, 0.05) is 13.1 Å². The predicted octanol–water partition coefficient (Wildman–Crippen LogP) is 0.588. The molecule has 1 heterocycles. The van der Waals surface area contributed by atoms with Crippen molar-refractivity contribution in [1.29, 1.82) is 0 Å². The lowest BCUT2D eigenvalue weighted by Crippen LogP contribution is -2.53. The van der Waals surface area contributed by atoms with Crippen LogP contribution in [0.4, 0.5) is 4.79 Å². The third-order valence-electron chi connectivity index (χ3n) is 3.45. The minimum Gasteiger partial charge on any atom is -0.480 e. The van der Waals surface area contributed by atoms with Crippen LogP contribution in [0, 0.1) is 0 Å². The highest BCUT2D eigenvalue weighted by atomic mass is 16.4. The molecule has 1 aliphatic heterocycles. The minimum absolute atomic E-state index is 0.453. The number of nitrogens with one attached hydrogen (secondary N) is 1. The fraction of sp³-hybridized carbons (Fsp3) is 0.429. The Morgan fingerprint density at radius 2 is 1.95 bits per heavy atom. The molecule has 2 rings (SSSR count). The van der Waals surface area contributed by atoms with Crippen molar-refractivity contribution in [2.45, 2.75) is 32.0 Å². The lowest BCUT2D eigenvalue weighted by molar-refractivity contribution is -0.141. The first-order valence-corrected chi connectivity index (χ1v) is 6.52. The summed E-state index contributed by atoms with van der Waals surface area (Å²) in [4.78, 5) is 24.6. The van der Waals surface area contributed by atoms with Gasteiger partial charge in [-0.2, -0.15) is 0 Å². The molecule has 0 spiro atoms. The van der Waals surface area contributed by atoms with E-state index in [9.17, 15) is 14.7 Å². The molecule has 0 aromatic heterocycles. The summed E-state index contributed by atoms with van der Waals surface area (Å²) in [5.41, 5.74) is 2.28. The smallest absolute Gasteiger partial charge is 0.328 e. The number of urea groups is 1. The van der Waals surface area contributed by atoms with E-state index >= 15 is 0 Å². The van der Waals surface area contributed by atoms with Crippen molar-refractivity contribution in [3.05, 3.63) is 35.4 Å². The van der Waals surface area contributed by atoms with E-state index in [-0.39, 0.29) is 0 Å². The summed E-state index contributed by atoms with van der Waals surface area (Å²) < 4.78 is 0. The maximum Gasteiger partial charge on any atom is 0.328 e. The van der Waals surface area contributed by atoms with Gasteiger partial charge in [-0.05, 0) is 24.5 Å². The normalized spacial score (nSPS) is 17.0. The van der Waals surface area contributed by atoms with Crippen LogP contribution in [0.5, 0.6) is 0 Å². The number of hydrogen-bond acceptors (Lipinski definition) is 3. The van der Waals surface area contributed by atoms with Crippen LogP contribution in [0.1, 0.15) is 18.1 Å². The molecule has 6 heteroatoms. The molecular weight excluding hydrogens is 260 g/mol. The molecule has 0 saturated heterocycles. The first-order valence-electron chi connectivity index (χ1n) is 6.52. The lowest BCUT2D eigenvalue weighted by atomic mass is 10.0. The monoisotopic (exact) mass is 278 g/mol. The molecule has 1 aromatic carbocycles. The number of nitrogens with zero attached hydrogens (tertiary/aromatic N) is 1. The van der Waals surface area contributed by atoms with Crippen LogP contribution < -0.4 is 5.32 Å². The molecule has 1 aromatic rings. The zero-order valence-corrected chi connectivity index (χ0v) is 11.2. The molecule has 0 radical (unpaired) electrons. The third-order valence-corrected chi connectivity index (χ3v) is 3.45. The number of carboxylic acids is 1. The fourth-order valence-corrected chi connectivity index (χ4v) is 2.28. The second kappa shape index (κ2) is 5.92. The number of aliphatic hydroxyl groups excluding tert-OH is 1. The van der Waals surface area contributed by atoms with Crippen molar-refractivity contribution >= 4 is 12.0 Å². The van der Waals surface area contributed by atoms with Crippen LogP contribution in [0.25, 0.3) is 0 Å². The van der Waals surface area contributed by atoms with Gasteiger partial charge in [0.05, 0.1) is 6.10 Å². The van der Waals surface area contributed by atoms with Gasteiger partial charge < -0.3 is 20.4 Å². The lowest BCUT2D eigenvalue weighted by Gasteiger charge is -2.30. The van der Waals surface area contributed by atoms with Crippen molar-refractivity contribution in [3.63, 3.8) is 0 Å². The Balaban J connectivity index is 2.03. The average molecular weight is 278 g/mol. The average Bonchev–Trinajstić information content (AvgIpc) is 2.43. The van der Waals surface area contributed by atoms with Crippen LogP contribution in [0.15, 0.2) is 24.3 Å². The second-order valence-electron chi connectivity index (χ2n) is 4.95. The molecule has 3 N–H and O–H groups in total. The number of amides is 2. The quantitative estimate of drug-likeness (QED) is 0.754. The number of aliphatic carboxylic acids is 1. The number of hydrogen-bond donors (Lipinski definition) is 3. The Kier molecular flexibility index (Phi) is 4.24. The first-order chi connectivity index (χ1) is 9.49. The summed E-state index contributed by atoms with van der Waals surface area (Å²) in [5.74, 6) is -1.24. The van der Waals surface area contributed by atoms with E-state index < -0.39 is 24.1 Å². The molecule has 2 amide bonds. The number of benzene rings is 1. The van der Waals surface area contributed by atoms with Gasteiger partial charge in [-0.3, -0.25) is 0 Å². The number of rotatable bonds is 3. The highest BCUT2D eigenvalue weighted by Gasteiger charge is 2.28. The largest absolute Gasteiger partial charge is 0.480 e. The molecule has 0 aliphatic carbocycles. The van der Waals surface area contributed by atoms with Crippen molar-refractivity contribution in [3.8, 4) is 0 Å². The van der Waals surface area contributed by atoms with E-state index in [1.165, 1.54) is 12.5 Å². The SMILES string of the molecule is C[C@@H](O)[C@H](NC(=O)N1CCc2ccccc2C1)C(=O)O. The third kappa shape index (κ3) is 3.08. The molecule has 2 atom stereocenters. The van der Waals surface area contributed by atoms with Gasteiger partial charge in [-0.25, -0.2) is 9.59 Å². The van der Waals surface area contributed by atoms with Crippen LogP contribution >= 0.6 is 0 Å². The maximum atomic E-state index is 12.1. The number of carbonyl (C=O) groups is 2. The first kappa shape index (κ1) is 14.3. The molecule has 6 nitrogen and oxygen atoms in total. The summed E-state index contributed by atoms with van der Waals surface area (Å²) in [7, 11) is 0. The Morgan fingerprint density at radius 1 is 1.30 bits per heavy atom.